The Morgan fingerprint density at radius 2 is 2.00 bits per heavy atom. The van der Waals surface area contributed by atoms with Crippen LogP contribution in [0.4, 0.5) is 5.82 Å². The maximum Gasteiger partial charge on any atom is 0.150 e. The predicted octanol–water partition coefficient (Wildman–Crippen LogP) is 2.63. The number of aryl methyl sites for hydroxylation is 1. The maximum absolute atomic E-state index is 5.98. The van der Waals surface area contributed by atoms with E-state index in [1.807, 2.05) is 31.2 Å². The number of rotatable bonds is 2. The lowest BCUT2D eigenvalue weighted by molar-refractivity contribution is 0.414. The Kier molecular flexibility index (Phi) is 2.82. The van der Waals surface area contributed by atoms with Gasteiger partial charge in [-0.05, 0) is 31.5 Å². The van der Waals surface area contributed by atoms with Crippen LogP contribution in [0.2, 0.25) is 0 Å². The second-order valence-electron chi connectivity index (χ2n) is 4.70. The average Bonchev–Trinajstić information content (AvgIpc) is 2.72. The molecule has 5 heteroatoms. The standard InChI is InChI=1S/C15H16N4O/c1-9-10(2)19(11-5-4-6-12(7-11)20-3)15-13(9)14(16)17-8-18-15/h4-8H,1-3H3,(H2,16,17,18). The topological polar surface area (TPSA) is 66.0 Å². The van der Waals surface area contributed by atoms with Crippen molar-refractivity contribution in [3.05, 3.63) is 41.9 Å². The summed E-state index contributed by atoms with van der Waals surface area (Å²) in [5.41, 5.74) is 10.00. The minimum Gasteiger partial charge on any atom is -0.497 e. The van der Waals surface area contributed by atoms with Gasteiger partial charge in [0.05, 0.1) is 18.2 Å². The molecule has 0 saturated heterocycles. The molecule has 0 atom stereocenters. The van der Waals surface area contributed by atoms with Crippen LogP contribution < -0.4 is 10.5 Å². The highest BCUT2D eigenvalue weighted by Crippen LogP contribution is 2.30. The van der Waals surface area contributed by atoms with Gasteiger partial charge in [0.1, 0.15) is 17.9 Å². The number of ether oxygens (including phenoxy) is 1. The number of nitrogen functional groups attached to an aromatic ring is 1. The summed E-state index contributed by atoms with van der Waals surface area (Å²) in [6.45, 7) is 4.09. The molecule has 3 aromatic rings. The highest BCUT2D eigenvalue weighted by molar-refractivity contribution is 5.92. The molecular weight excluding hydrogens is 252 g/mol. The molecule has 0 aliphatic rings. The van der Waals surface area contributed by atoms with Crippen LogP contribution in [0.15, 0.2) is 30.6 Å². The van der Waals surface area contributed by atoms with Crippen LogP contribution in [0.25, 0.3) is 16.7 Å². The first-order valence-corrected chi connectivity index (χ1v) is 6.36. The Bertz CT molecular complexity index is 792. The number of aromatic nitrogens is 3. The molecule has 0 unspecified atom stereocenters. The summed E-state index contributed by atoms with van der Waals surface area (Å²) in [7, 11) is 1.66. The SMILES string of the molecule is COc1cccc(-n2c(C)c(C)c3c(N)ncnc32)c1. The third-order valence-electron chi connectivity index (χ3n) is 3.63. The summed E-state index contributed by atoms with van der Waals surface area (Å²) in [5, 5.41) is 0.910. The fourth-order valence-electron chi connectivity index (χ4n) is 2.49. The van der Waals surface area contributed by atoms with Gasteiger partial charge in [-0.1, -0.05) is 6.07 Å². The molecule has 2 N–H and O–H groups in total. The predicted molar refractivity (Wildman–Crippen MR) is 79.3 cm³/mol. The minimum atomic E-state index is 0.511. The Hall–Kier alpha value is -2.56. The normalized spacial score (nSPS) is 10.9. The molecule has 102 valence electrons. The third-order valence-corrected chi connectivity index (χ3v) is 3.63. The van der Waals surface area contributed by atoms with Crippen LogP contribution in [-0.4, -0.2) is 21.6 Å². The molecule has 2 aromatic heterocycles. The van der Waals surface area contributed by atoms with E-state index in [1.165, 1.54) is 6.33 Å². The van der Waals surface area contributed by atoms with Crippen molar-refractivity contribution in [2.75, 3.05) is 12.8 Å². The molecule has 0 aliphatic heterocycles. The van der Waals surface area contributed by atoms with E-state index < -0.39 is 0 Å². The number of fused-ring (bicyclic) bond motifs is 1. The number of benzene rings is 1. The third kappa shape index (κ3) is 1.71. The molecule has 5 nitrogen and oxygen atoms in total. The van der Waals surface area contributed by atoms with Crippen LogP contribution >= 0.6 is 0 Å². The molecule has 0 bridgehead atoms. The first-order chi connectivity index (χ1) is 9.63. The van der Waals surface area contributed by atoms with Crippen molar-refractivity contribution in [2.45, 2.75) is 13.8 Å². The minimum absolute atomic E-state index is 0.511. The van der Waals surface area contributed by atoms with Gasteiger partial charge in [-0.2, -0.15) is 0 Å². The van der Waals surface area contributed by atoms with Gasteiger partial charge in [-0.15, -0.1) is 0 Å². The summed E-state index contributed by atoms with van der Waals surface area (Å²) >= 11 is 0. The van der Waals surface area contributed by atoms with E-state index in [-0.39, 0.29) is 0 Å². The lowest BCUT2D eigenvalue weighted by atomic mass is 10.2. The van der Waals surface area contributed by atoms with Gasteiger partial charge in [0.25, 0.3) is 0 Å². The van der Waals surface area contributed by atoms with E-state index in [9.17, 15) is 0 Å². The van der Waals surface area contributed by atoms with E-state index in [2.05, 4.69) is 21.5 Å². The van der Waals surface area contributed by atoms with Crippen molar-refractivity contribution >= 4 is 16.9 Å². The molecule has 2 heterocycles. The Morgan fingerprint density at radius 3 is 2.75 bits per heavy atom. The zero-order valence-corrected chi connectivity index (χ0v) is 11.7. The number of hydrogen-bond acceptors (Lipinski definition) is 4. The molecule has 3 rings (SSSR count). The van der Waals surface area contributed by atoms with Gasteiger partial charge >= 0.3 is 0 Å². The molecule has 0 spiro atoms. The lowest BCUT2D eigenvalue weighted by Crippen LogP contribution is -1.99. The van der Waals surface area contributed by atoms with Crippen molar-refractivity contribution in [3.8, 4) is 11.4 Å². The van der Waals surface area contributed by atoms with E-state index in [4.69, 9.17) is 10.5 Å². The van der Waals surface area contributed by atoms with Crippen molar-refractivity contribution in [3.63, 3.8) is 0 Å². The van der Waals surface area contributed by atoms with Gasteiger partial charge in [0.15, 0.2) is 5.65 Å². The van der Waals surface area contributed by atoms with Crippen LogP contribution in [0.5, 0.6) is 5.75 Å². The molecule has 1 aromatic carbocycles. The number of hydrogen-bond donors (Lipinski definition) is 1. The molecule has 0 amide bonds. The number of methoxy groups -OCH3 is 1. The highest BCUT2D eigenvalue weighted by Gasteiger charge is 2.16. The summed E-state index contributed by atoms with van der Waals surface area (Å²) < 4.78 is 7.36. The van der Waals surface area contributed by atoms with E-state index in [0.717, 1.165) is 33.7 Å². The summed E-state index contributed by atoms with van der Waals surface area (Å²) in [6, 6.07) is 7.87. The molecule has 20 heavy (non-hydrogen) atoms. The highest BCUT2D eigenvalue weighted by atomic mass is 16.5. The molecular formula is C15H16N4O. The fourth-order valence-corrected chi connectivity index (χ4v) is 2.49. The lowest BCUT2D eigenvalue weighted by Gasteiger charge is -2.09. The van der Waals surface area contributed by atoms with Crippen molar-refractivity contribution in [2.24, 2.45) is 0 Å². The number of anilines is 1. The Balaban J connectivity index is 2.36. The molecule has 0 fully saturated rings. The fraction of sp³-hybridized carbons (Fsp3) is 0.200. The Labute approximate surface area is 117 Å². The van der Waals surface area contributed by atoms with Crippen molar-refractivity contribution in [1.29, 1.82) is 0 Å². The van der Waals surface area contributed by atoms with Gasteiger partial charge in [-0.3, -0.25) is 4.57 Å². The van der Waals surface area contributed by atoms with E-state index >= 15 is 0 Å². The average molecular weight is 268 g/mol. The first-order valence-electron chi connectivity index (χ1n) is 6.36. The molecule has 0 radical (unpaired) electrons. The van der Waals surface area contributed by atoms with Gasteiger partial charge in [0.2, 0.25) is 0 Å². The Morgan fingerprint density at radius 1 is 1.20 bits per heavy atom. The second kappa shape index (κ2) is 4.52. The largest absolute Gasteiger partial charge is 0.497 e. The zero-order chi connectivity index (χ0) is 14.3. The second-order valence-corrected chi connectivity index (χ2v) is 4.70. The van der Waals surface area contributed by atoms with Crippen LogP contribution in [0.3, 0.4) is 0 Å². The van der Waals surface area contributed by atoms with Crippen LogP contribution in [0.1, 0.15) is 11.3 Å². The van der Waals surface area contributed by atoms with E-state index in [1.54, 1.807) is 7.11 Å². The van der Waals surface area contributed by atoms with Crippen molar-refractivity contribution < 1.29 is 4.74 Å². The summed E-state index contributed by atoms with van der Waals surface area (Å²) in [6.07, 6.45) is 1.49. The molecule has 0 saturated carbocycles. The number of nitrogens with two attached hydrogens (primary N) is 1. The monoisotopic (exact) mass is 268 g/mol. The number of nitrogens with zero attached hydrogens (tertiary/aromatic N) is 3. The molecule has 0 aliphatic carbocycles. The zero-order valence-electron chi connectivity index (χ0n) is 11.7. The van der Waals surface area contributed by atoms with Gasteiger partial charge in [0, 0.05) is 11.8 Å². The first kappa shape index (κ1) is 12.5. The van der Waals surface area contributed by atoms with Crippen molar-refractivity contribution in [1.82, 2.24) is 14.5 Å². The van der Waals surface area contributed by atoms with Crippen LogP contribution in [0, 0.1) is 13.8 Å². The van der Waals surface area contributed by atoms with Crippen LogP contribution in [-0.2, 0) is 0 Å². The summed E-state index contributed by atoms with van der Waals surface area (Å²) in [4.78, 5) is 8.47. The maximum atomic E-state index is 5.98. The smallest absolute Gasteiger partial charge is 0.150 e. The quantitative estimate of drug-likeness (QED) is 0.776. The van der Waals surface area contributed by atoms with Gasteiger partial charge < -0.3 is 10.5 Å². The van der Waals surface area contributed by atoms with Gasteiger partial charge in [-0.25, -0.2) is 9.97 Å². The van der Waals surface area contributed by atoms with E-state index in [0.29, 0.717) is 5.82 Å². The summed E-state index contributed by atoms with van der Waals surface area (Å²) in [5.74, 6) is 1.32.